The molecule has 2 heteroatoms. The predicted molar refractivity (Wildman–Crippen MR) is 77.0 cm³/mol. The predicted octanol–water partition coefficient (Wildman–Crippen LogP) is 3.91. The van der Waals surface area contributed by atoms with Crippen molar-refractivity contribution in [2.24, 2.45) is 17.8 Å². The van der Waals surface area contributed by atoms with Crippen LogP contribution in [-0.4, -0.2) is 23.4 Å². The Hall–Kier alpha value is -0.0800. The second-order valence-electron chi connectivity index (χ2n) is 7.24. The number of aliphatic hydroxyl groups is 1. The van der Waals surface area contributed by atoms with Crippen LogP contribution in [0.25, 0.3) is 0 Å². The van der Waals surface area contributed by atoms with Gasteiger partial charge in [0.2, 0.25) is 0 Å². The van der Waals surface area contributed by atoms with Crippen LogP contribution in [0.5, 0.6) is 0 Å². The first-order valence-corrected chi connectivity index (χ1v) is 8.55. The average Bonchev–Trinajstić information content (AvgIpc) is 3.02. The van der Waals surface area contributed by atoms with Crippen LogP contribution in [0.3, 0.4) is 0 Å². The van der Waals surface area contributed by atoms with E-state index in [0.717, 1.165) is 43.6 Å². The van der Waals surface area contributed by atoms with E-state index in [4.69, 9.17) is 4.74 Å². The summed E-state index contributed by atoms with van der Waals surface area (Å²) in [4.78, 5) is 0. The van der Waals surface area contributed by atoms with Gasteiger partial charge in [-0.3, -0.25) is 0 Å². The minimum absolute atomic E-state index is 0.200. The van der Waals surface area contributed by atoms with Crippen molar-refractivity contribution in [3.05, 3.63) is 0 Å². The SMILES string of the molecule is CCOC1(C(O)CC2CC3CCC2C3)CCCCC1. The minimum Gasteiger partial charge on any atom is -0.390 e. The Balaban J connectivity index is 1.61. The molecule has 110 valence electrons. The van der Waals surface area contributed by atoms with Crippen LogP contribution < -0.4 is 0 Å². The summed E-state index contributed by atoms with van der Waals surface area (Å²) >= 11 is 0. The van der Waals surface area contributed by atoms with Crippen molar-refractivity contribution >= 4 is 0 Å². The first kappa shape index (κ1) is 13.9. The van der Waals surface area contributed by atoms with Crippen molar-refractivity contribution in [2.75, 3.05) is 6.61 Å². The largest absolute Gasteiger partial charge is 0.390 e. The Morgan fingerprint density at radius 3 is 2.53 bits per heavy atom. The van der Waals surface area contributed by atoms with Crippen LogP contribution in [0, 0.1) is 17.8 Å². The molecule has 4 atom stereocenters. The third-order valence-electron chi connectivity index (χ3n) is 6.15. The van der Waals surface area contributed by atoms with Gasteiger partial charge in [-0.2, -0.15) is 0 Å². The molecule has 3 fully saturated rings. The molecule has 0 aromatic heterocycles. The quantitative estimate of drug-likeness (QED) is 0.817. The molecule has 2 bridgehead atoms. The van der Waals surface area contributed by atoms with Crippen LogP contribution in [0.2, 0.25) is 0 Å². The zero-order valence-corrected chi connectivity index (χ0v) is 12.4. The van der Waals surface area contributed by atoms with Gasteiger partial charge in [0.15, 0.2) is 0 Å². The summed E-state index contributed by atoms with van der Waals surface area (Å²) in [5.74, 6) is 2.69. The molecule has 0 saturated heterocycles. The molecule has 3 rings (SSSR count). The summed E-state index contributed by atoms with van der Waals surface area (Å²) in [6.07, 6.45) is 12.4. The summed E-state index contributed by atoms with van der Waals surface area (Å²) in [6.45, 7) is 2.81. The fourth-order valence-electron chi connectivity index (χ4n) is 5.18. The van der Waals surface area contributed by atoms with Gasteiger partial charge in [0.25, 0.3) is 0 Å². The summed E-state index contributed by atoms with van der Waals surface area (Å²) in [7, 11) is 0. The highest BCUT2D eigenvalue weighted by Gasteiger charge is 2.45. The maximum atomic E-state index is 10.8. The molecule has 3 saturated carbocycles. The van der Waals surface area contributed by atoms with Gasteiger partial charge in [-0.05, 0) is 63.2 Å². The highest BCUT2D eigenvalue weighted by Crippen LogP contribution is 2.51. The Bertz CT molecular complexity index is 290. The molecule has 0 aromatic rings. The van der Waals surface area contributed by atoms with Crippen LogP contribution in [0.15, 0.2) is 0 Å². The summed E-state index contributed by atoms with van der Waals surface area (Å²) < 4.78 is 6.07. The van der Waals surface area contributed by atoms with Crippen LogP contribution in [0.1, 0.15) is 71.1 Å². The highest BCUT2D eigenvalue weighted by molar-refractivity contribution is 4.96. The normalized spacial score (nSPS) is 38.5. The van der Waals surface area contributed by atoms with E-state index in [1.807, 2.05) is 0 Å². The molecule has 19 heavy (non-hydrogen) atoms. The van der Waals surface area contributed by atoms with Gasteiger partial charge in [-0.1, -0.05) is 25.7 Å². The third-order valence-corrected chi connectivity index (χ3v) is 6.15. The van der Waals surface area contributed by atoms with E-state index in [9.17, 15) is 5.11 Å². The zero-order valence-electron chi connectivity index (χ0n) is 12.4. The van der Waals surface area contributed by atoms with Crippen molar-refractivity contribution < 1.29 is 9.84 Å². The van der Waals surface area contributed by atoms with Gasteiger partial charge in [0.05, 0.1) is 11.7 Å². The number of hydrogen-bond donors (Lipinski definition) is 1. The van der Waals surface area contributed by atoms with Gasteiger partial charge in [0.1, 0.15) is 0 Å². The fourth-order valence-corrected chi connectivity index (χ4v) is 5.18. The van der Waals surface area contributed by atoms with Crippen molar-refractivity contribution in [3.63, 3.8) is 0 Å². The summed E-state index contributed by atoms with van der Waals surface area (Å²) in [6, 6.07) is 0. The second-order valence-corrected chi connectivity index (χ2v) is 7.24. The molecule has 0 aromatic carbocycles. The number of ether oxygens (including phenoxy) is 1. The lowest BCUT2D eigenvalue weighted by molar-refractivity contribution is -0.146. The van der Waals surface area contributed by atoms with Gasteiger partial charge >= 0.3 is 0 Å². The molecule has 0 radical (unpaired) electrons. The van der Waals surface area contributed by atoms with Crippen LogP contribution in [0.4, 0.5) is 0 Å². The van der Waals surface area contributed by atoms with E-state index in [-0.39, 0.29) is 11.7 Å². The molecule has 0 spiro atoms. The monoisotopic (exact) mass is 266 g/mol. The third kappa shape index (κ3) is 2.71. The molecule has 2 nitrogen and oxygen atoms in total. The second kappa shape index (κ2) is 5.73. The average molecular weight is 266 g/mol. The first-order valence-electron chi connectivity index (χ1n) is 8.55. The van der Waals surface area contributed by atoms with Crippen LogP contribution >= 0.6 is 0 Å². The molecule has 0 aliphatic heterocycles. The van der Waals surface area contributed by atoms with E-state index >= 15 is 0 Å². The van der Waals surface area contributed by atoms with Crippen molar-refractivity contribution in [2.45, 2.75) is 82.8 Å². The maximum Gasteiger partial charge on any atom is 0.0940 e. The lowest BCUT2D eigenvalue weighted by Crippen LogP contribution is -2.47. The lowest BCUT2D eigenvalue weighted by atomic mass is 9.75. The summed E-state index contributed by atoms with van der Waals surface area (Å²) in [5.41, 5.74) is -0.200. The Morgan fingerprint density at radius 1 is 1.16 bits per heavy atom. The Labute approximate surface area is 117 Å². The van der Waals surface area contributed by atoms with Gasteiger partial charge < -0.3 is 9.84 Å². The van der Waals surface area contributed by atoms with Gasteiger partial charge in [-0.25, -0.2) is 0 Å². The standard InChI is InChI=1S/C17H30O2/c1-2-19-17(8-4-3-5-9-17)16(18)12-15-11-13-6-7-14(15)10-13/h13-16,18H,2-12H2,1H3. The smallest absolute Gasteiger partial charge is 0.0940 e. The van der Waals surface area contributed by atoms with Crippen molar-refractivity contribution in [1.82, 2.24) is 0 Å². The van der Waals surface area contributed by atoms with E-state index < -0.39 is 0 Å². The number of hydrogen-bond acceptors (Lipinski definition) is 2. The molecule has 3 aliphatic rings. The molecule has 1 N–H and O–H groups in total. The van der Waals surface area contributed by atoms with E-state index in [2.05, 4.69) is 6.92 Å². The molecular formula is C17H30O2. The van der Waals surface area contributed by atoms with Gasteiger partial charge in [-0.15, -0.1) is 0 Å². The zero-order chi connectivity index (χ0) is 13.3. The molecule has 0 heterocycles. The number of aliphatic hydroxyl groups excluding tert-OH is 1. The molecule has 0 amide bonds. The minimum atomic E-state index is -0.225. The molecule has 3 aliphatic carbocycles. The highest BCUT2D eigenvalue weighted by atomic mass is 16.5. The summed E-state index contributed by atoms with van der Waals surface area (Å²) in [5, 5.41) is 10.8. The Morgan fingerprint density at radius 2 is 1.95 bits per heavy atom. The molecular weight excluding hydrogens is 236 g/mol. The fraction of sp³-hybridized carbons (Fsp3) is 1.00. The van der Waals surface area contributed by atoms with Crippen molar-refractivity contribution in [3.8, 4) is 0 Å². The lowest BCUT2D eigenvalue weighted by Gasteiger charge is -2.42. The van der Waals surface area contributed by atoms with E-state index in [1.54, 1.807) is 0 Å². The van der Waals surface area contributed by atoms with E-state index in [0.29, 0.717) is 0 Å². The Kier molecular flexibility index (Phi) is 4.19. The first-order chi connectivity index (χ1) is 9.23. The number of fused-ring (bicyclic) bond motifs is 2. The number of rotatable bonds is 5. The maximum absolute atomic E-state index is 10.8. The molecule has 4 unspecified atom stereocenters. The van der Waals surface area contributed by atoms with Gasteiger partial charge in [0, 0.05) is 6.61 Å². The van der Waals surface area contributed by atoms with Crippen molar-refractivity contribution in [1.29, 1.82) is 0 Å². The topological polar surface area (TPSA) is 29.5 Å². The van der Waals surface area contributed by atoms with E-state index in [1.165, 1.54) is 44.9 Å². The van der Waals surface area contributed by atoms with Crippen LogP contribution in [-0.2, 0) is 4.74 Å².